The molecule has 7 nitrogen and oxygen atoms in total. The number of fused-ring (bicyclic) bond motifs is 1. The van der Waals surface area contributed by atoms with Crippen LogP contribution in [0.15, 0.2) is 18.5 Å². The second kappa shape index (κ2) is 8.27. The molecule has 1 fully saturated rings. The number of ether oxygens (including phenoxy) is 1. The molecular weight excluding hydrogens is 364 g/mol. The molecule has 9 heteroatoms. The summed E-state index contributed by atoms with van der Waals surface area (Å²) in [5, 5.41) is 1.45. The van der Waals surface area contributed by atoms with Crippen LogP contribution in [-0.4, -0.2) is 45.5 Å². The molecule has 0 radical (unpaired) electrons. The van der Waals surface area contributed by atoms with E-state index in [1.54, 1.807) is 19.5 Å². The van der Waals surface area contributed by atoms with Gasteiger partial charge in [-0.3, -0.25) is 4.21 Å². The van der Waals surface area contributed by atoms with Crippen LogP contribution in [0.5, 0.6) is 5.75 Å². The van der Waals surface area contributed by atoms with E-state index in [1.165, 1.54) is 0 Å². The van der Waals surface area contributed by atoms with Crippen LogP contribution in [0.3, 0.4) is 0 Å². The number of halogens is 1. The molecule has 1 aliphatic heterocycles. The summed E-state index contributed by atoms with van der Waals surface area (Å²) in [5.74, 6) is 2.01. The molecule has 1 unspecified atom stereocenters. The molecule has 2 heterocycles. The minimum atomic E-state index is -2.18. The van der Waals surface area contributed by atoms with E-state index in [1.807, 2.05) is 6.07 Å². The summed E-state index contributed by atoms with van der Waals surface area (Å²) in [4.78, 5) is 11.0. The van der Waals surface area contributed by atoms with Gasteiger partial charge in [-0.2, -0.15) is 0 Å². The maximum Gasteiger partial charge on any atom is 0.140 e. The van der Waals surface area contributed by atoms with Gasteiger partial charge < -0.3 is 14.2 Å². The van der Waals surface area contributed by atoms with Crippen LogP contribution >= 0.6 is 11.6 Å². The summed E-state index contributed by atoms with van der Waals surface area (Å²) in [6.45, 7) is 2.25. The zero-order valence-electron chi connectivity index (χ0n) is 13.9. The number of benzene rings is 1. The number of methoxy groups -OCH3 is 1. The molecule has 1 aromatic heterocycles. The highest BCUT2D eigenvalue weighted by molar-refractivity contribution is 7.77. The van der Waals surface area contributed by atoms with Gasteiger partial charge in [0.05, 0.1) is 17.6 Å². The van der Waals surface area contributed by atoms with Crippen molar-refractivity contribution in [1.29, 1.82) is 0 Å². The normalized spacial score (nSPS) is 17.0. The Balaban J connectivity index is 1.72. The molecule has 0 bridgehead atoms. The van der Waals surface area contributed by atoms with Crippen LogP contribution < -0.4 is 14.4 Å². The number of piperidine rings is 1. The number of hydrogen-bond acceptors (Lipinski definition) is 6. The molecule has 1 aliphatic rings. The minimum Gasteiger partial charge on any atom is -0.760 e. The molecule has 1 aromatic carbocycles. The summed E-state index contributed by atoms with van der Waals surface area (Å²) in [5.41, 5.74) is 0.792. The lowest BCUT2D eigenvalue weighted by atomic mass is 9.93. The fraction of sp³-hybridized carbons (Fsp3) is 0.500. The second-order valence-electron chi connectivity index (χ2n) is 6.05. The molecule has 136 valence electrons. The van der Waals surface area contributed by atoms with Crippen molar-refractivity contribution in [3.8, 4) is 5.75 Å². The predicted molar refractivity (Wildman–Crippen MR) is 97.6 cm³/mol. The molecule has 0 saturated carbocycles. The summed E-state index contributed by atoms with van der Waals surface area (Å²) in [7, 11) is 1.59. The molecule has 2 aromatic rings. The lowest BCUT2D eigenvalue weighted by Crippen LogP contribution is -2.35. The average molecular weight is 384 g/mol. The SMILES string of the molecule is COc1cc2c(N3CCC(CCNS(=O)[O-])CC3)ncnc2cc1Cl. The van der Waals surface area contributed by atoms with Crippen LogP contribution in [-0.2, 0) is 11.3 Å². The fourth-order valence-corrected chi connectivity index (χ4v) is 3.75. The Morgan fingerprint density at radius 2 is 2.16 bits per heavy atom. The van der Waals surface area contributed by atoms with E-state index in [2.05, 4.69) is 19.6 Å². The first kappa shape index (κ1) is 18.3. The van der Waals surface area contributed by atoms with Gasteiger partial charge in [-0.25, -0.2) is 14.7 Å². The highest BCUT2D eigenvalue weighted by Gasteiger charge is 2.22. The van der Waals surface area contributed by atoms with Crippen molar-refractivity contribution in [3.05, 3.63) is 23.5 Å². The summed E-state index contributed by atoms with van der Waals surface area (Å²) >= 11 is 4.00. The fourth-order valence-electron chi connectivity index (χ4n) is 3.23. The second-order valence-corrected chi connectivity index (χ2v) is 7.21. The number of anilines is 1. The van der Waals surface area contributed by atoms with Crippen molar-refractivity contribution >= 4 is 39.6 Å². The van der Waals surface area contributed by atoms with Crippen molar-refractivity contribution in [2.45, 2.75) is 19.3 Å². The number of aromatic nitrogens is 2. The van der Waals surface area contributed by atoms with Gasteiger partial charge in [0.25, 0.3) is 0 Å². The molecule has 25 heavy (non-hydrogen) atoms. The largest absolute Gasteiger partial charge is 0.760 e. The molecule has 1 N–H and O–H groups in total. The molecule has 1 atom stereocenters. The van der Waals surface area contributed by atoms with Crippen molar-refractivity contribution < 1.29 is 13.5 Å². The van der Waals surface area contributed by atoms with Crippen LogP contribution in [0, 0.1) is 5.92 Å². The molecular formula is C16H20ClN4O3S-. The Hall–Kier alpha value is -1.48. The Morgan fingerprint density at radius 3 is 2.84 bits per heavy atom. The number of hydrogen-bond donors (Lipinski definition) is 1. The van der Waals surface area contributed by atoms with E-state index >= 15 is 0 Å². The van der Waals surface area contributed by atoms with Crippen LogP contribution in [0.25, 0.3) is 10.9 Å². The molecule has 0 aliphatic carbocycles. The third kappa shape index (κ3) is 4.38. The van der Waals surface area contributed by atoms with Gasteiger partial charge in [0, 0.05) is 36.3 Å². The van der Waals surface area contributed by atoms with E-state index < -0.39 is 11.3 Å². The lowest BCUT2D eigenvalue weighted by molar-refractivity contribution is 0.380. The van der Waals surface area contributed by atoms with Gasteiger partial charge in [-0.1, -0.05) is 11.6 Å². The highest BCUT2D eigenvalue weighted by atomic mass is 35.5. The third-order valence-corrected chi connectivity index (χ3v) is 5.31. The Bertz CT molecular complexity index is 768. The van der Waals surface area contributed by atoms with Gasteiger partial charge in [0.1, 0.15) is 17.9 Å². The first-order chi connectivity index (χ1) is 12.1. The van der Waals surface area contributed by atoms with Gasteiger partial charge in [0.15, 0.2) is 0 Å². The standard InChI is InChI=1S/C16H21ClN4O3S/c1-24-15-8-12-14(9-13(15)17)18-10-19-16(12)21-6-3-11(4-7-21)2-5-20-25(22)23/h8-11,20H,2-7H2,1H3,(H,22,23)/p-1. The summed E-state index contributed by atoms with van der Waals surface area (Å²) in [6.07, 6.45) is 4.42. The van der Waals surface area contributed by atoms with E-state index in [4.69, 9.17) is 16.3 Å². The number of rotatable bonds is 6. The molecule has 0 spiro atoms. The molecule has 3 rings (SSSR count). The molecule has 0 amide bonds. The van der Waals surface area contributed by atoms with E-state index in [0.29, 0.717) is 23.2 Å². The highest BCUT2D eigenvalue weighted by Crippen LogP contribution is 2.34. The van der Waals surface area contributed by atoms with Gasteiger partial charge in [0.2, 0.25) is 0 Å². The van der Waals surface area contributed by atoms with E-state index in [-0.39, 0.29) is 0 Å². The van der Waals surface area contributed by atoms with Crippen molar-refractivity contribution in [2.24, 2.45) is 5.92 Å². The maximum absolute atomic E-state index is 10.5. The van der Waals surface area contributed by atoms with Crippen LogP contribution in [0.4, 0.5) is 5.82 Å². The molecule has 1 saturated heterocycles. The Morgan fingerprint density at radius 1 is 1.40 bits per heavy atom. The number of nitrogens with zero attached hydrogens (tertiary/aromatic N) is 3. The predicted octanol–water partition coefficient (Wildman–Crippen LogP) is 2.28. The van der Waals surface area contributed by atoms with Crippen LogP contribution in [0.2, 0.25) is 5.02 Å². The van der Waals surface area contributed by atoms with Gasteiger partial charge in [-0.15, -0.1) is 0 Å². The Labute approximate surface area is 154 Å². The zero-order chi connectivity index (χ0) is 17.8. The first-order valence-electron chi connectivity index (χ1n) is 8.14. The monoisotopic (exact) mass is 383 g/mol. The van der Waals surface area contributed by atoms with E-state index in [0.717, 1.165) is 49.1 Å². The smallest absolute Gasteiger partial charge is 0.140 e. The van der Waals surface area contributed by atoms with Gasteiger partial charge >= 0.3 is 0 Å². The van der Waals surface area contributed by atoms with Crippen molar-refractivity contribution in [1.82, 2.24) is 14.7 Å². The summed E-state index contributed by atoms with van der Waals surface area (Å²) < 4.78 is 28.8. The Kier molecular flexibility index (Phi) is 6.06. The topological polar surface area (TPSA) is 90.4 Å². The van der Waals surface area contributed by atoms with Gasteiger partial charge in [-0.05, 0) is 37.3 Å². The average Bonchev–Trinajstić information content (AvgIpc) is 2.61. The maximum atomic E-state index is 10.5. The van der Waals surface area contributed by atoms with Crippen LogP contribution in [0.1, 0.15) is 19.3 Å². The zero-order valence-corrected chi connectivity index (χ0v) is 15.5. The lowest BCUT2D eigenvalue weighted by Gasteiger charge is -2.33. The quantitative estimate of drug-likeness (QED) is 0.769. The van der Waals surface area contributed by atoms with E-state index in [9.17, 15) is 8.76 Å². The van der Waals surface area contributed by atoms with Crippen molar-refractivity contribution in [3.63, 3.8) is 0 Å². The van der Waals surface area contributed by atoms with Crippen molar-refractivity contribution in [2.75, 3.05) is 31.6 Å². The minimum absolute atomic E-state index is 0.493. The first-order valence-corrected chi connectivity index (χ1v) is 9.59. The summed E-state index contributed by atoms with van der Waals surface area (Å²) in [6, 6.07) is 3.68. The third-order valence-electron chi connectivity index (χ3n) is 4.57. The number of nitrogens with one attached hydrogen (secondary N) is 1.